The fraction of sp³-hybridized carbons (Fsp3) is 0.235. The first-order chi connectivity index (χ1) is 18.2. The van der Waals surface area contributed by atoms with E-state index >= 15 is 0 Å². The van der Waals surface area contributed by atoms with Gasteiger partial charge in [0.2, 0.25) is 0 Å². The molecule has 0 amide bonds. The summed E-state index contributed by atoms with van der Waals surface area (Å²) in [4.78, 5) is 0. The van der Waals surface area contributed by atoms with Crippen LogP contribution in [-0.4, -0.2) is 12.2 Å². The van der Waals surface area contributed by atoms with E-state index in [1.807, 2.05) is 12.1 Å². The average molecular weight is 487 g/mol. The Balaban J connectivity index is 1.32. The first-order valence-corrected chi connectivity index (χ1v) is 13.1. The molecule has 0 radical (unpaired) electrons. The molecule has 2 aliphatic heterocycles. The number of hydrogen-bond acceptors (Lipinski definition) is 3. The van der Waals surface area contributed by atoms with Crippen LogP contribution in [0.3, 0.4) is 0 Å². The monoisotopic (exact) mass is 486 g/mol. The van der Waals surface area contributed by atoms with E-state index in [9.17, 15) is 0 Å². The average Bonchev–Trinajstić information content (AvgIpc) is 3.51. The lowest BCUT2D eigenvalue weighted by atomic mass is 9.81. The van der Waals surface area contributed by atoms with Gasteiger partial charge in [-0.2, -0.15) is 0 Å². The number of rotatable bonds is 6. The van der Waals surface area contributed by atoms with Crippen LogP contribution in [0.1, 0.15) is 45.6 Å². The van der Waals surface area contributed by atoms with E-state index < -0.39 is 0 Å². The van der Waals surface area contributed by atoms with Crippen molar-refractivity contribution < 1.29 is 14.2 Å². The minimum atomic E-state index is -0.182. The molecular weight excluding hydrogens is 456 g/mol. The smallest absolute Gasteiger partial charge is 0.117 e. The predicted molar refractivity (Wildman–Crippen MR) is 148 cm³/mol. The SMILES string of the molecule is Cc1c2ccccc2c(C)c2c3c(ccc12)[C@@H]1O[C@H]3[C@H](OCc2ccccc2)[C@@H]1OCc1ccccc1. The minimum absolute atomic E-state index is 0.139. The maximum Gasteiger partial charge on any atom is 0.117 e. The highest BCUT2D eigenvalue weighted by Crippen LogP contribution is 2.56. The highest BCUT2D eigenvalue weighted by Gasteiger charge is 2.54. The van der Waals surface area contributed by atoms with Gasteiger partial charge in [-0.25, -0.2) is 0 Å². The lowest BCUT2D eigenvalue weighted by Gasteiger charge is -2.31. The molecule has 0 aliphatic carbocycles. The van der Waals surface area contributed by atoms with E-state index in [2.05, 4.69) is 98.8 Å². The third-order valence-electron chi connectivity index (χ3n) is 8.17. The van der Waals surface area contributed by atoms with Crippen molar-refractivity contribution in [3.63, 3.8) is 0 Å². The first-order valence-electron chi connectivity index (χ1n) is 13.1. The summed E-state index contributed by atoms with van der Waals surface area (Å²) in [6.45, 7) is 5.55. The predicted octanol–water partition coefficient (Wildman–Crippen LogP) is 7.91. The van der Waals surface area contributed by atoms with Crippen molar-refractivity contribution in [3.8, 4) is 0 Å². The molecule has 0 aromatic heterocycles. The van der Waals surface area contributed by atoms with Crippen molar-refractivity contribution in [3.05, 3.63) is 130 Å². The molecule has 3 nitrogen and oxygen atoms in total. The van der Waals surface area contributed by atoms with Crippen LogP contribution in [0.15, 0.2) is 97.1 Å². The fourth-order valence-corrected chi connectivity index (χ4v) is 6.36. The Morgan fingerprint density at radius 3 is 1.73 bits per heavy atom. The van der Waals surface area contributed by atoms with Gasteiger partial charge < -0.3 is 14.2 Å². The molecule has 2 bridgehead atoms. The van der Waals surface area contributed by atoms with Crippen LogP contribution >= 0.6 is 0 Å². The van der Waals surface area contributed by atoms with Gasteiger partial charge in [-0.05, 0) is 68.8 Å². The summed E-state index contributed by atoms with van der Waals surface area (Å²) in [5.74, 6) is 0. The quantitative estimate of drug-likeness (QED) is 0.228. The van der Waals surface area contributed by atoms with Gasteiger partial charge in [-0.3, -0.25) is 0 Å². The van der Waals surface area contributed by atoms with Gasteiger partial charge in [0.15, 0.2) is 0 Å². The summed E-state index contributed by atoms with van der Waals surface area (Å²) in [6.07, 6.45) is -0.647. The van der Waals surface area contributed by atoms with Gasteiger partial charge in [0.1, 0.15) is 24.4 Å². The Labute approximate surface area is 217 Å². The van der Waals surface area contributed by atoms with Crippen molar-refractivity contribution in [1.29, 1.82) is 0 Å². The first kappa shape index (κ1) is 22.7. The summed E-state index contributed by atoms with van der Waals surface area (Å²) < 4.78 is 19.9. The number of benzene rings is 5. The maximum absolute atomic E-state index is 6.71. The number of fused-ring (bicyclic) bond motifs is 8. The molecular formula is C34H30O3. The van der Waals surface area contributed by atoms with E-state index in [-0.39, 0.29) is 24.4 Å². The van der Waals surface area contributed by atoms with Crippen LogP contribution in [-0.2, 0) is 27.4 Å². The third-order valence-corrected chi connectivity index (χ3v) is 8.17. The molecule has 184 valence electrons. The largest absolute Gasteiger partial charge is 0.368 e. The fourth-order valence-electron chi connectivity index (χ4n) is 6.36. The highest BCUT2D eigenvalue weighted by atomic mass is 16.6. The van der Waals surface area contributed by atoms with Crippen LogP contribution in [0.2, 0.25) is 0 Å². The van der Waals surface area contributed by atoms with Gasteiger partial charge in [-0.1, -0.05) is 97.1 Å². The summed E-state index contributed by atoms with van der Waals surface area (Å²) in [7, 11) is 0. The molecule has 0 unspecified atom stereocenters. The van der Waals surface area contributed by atoms with Crippen LogP contribution in [0.4, 0.5) is 0 Å². The molecule has 7 rings (SSSR count). The van der Waals surface area contributed by atoms with E-state index in [1.54, 1.807) is 0 Å². The molecule has 5 aromatic carbocycles. The Bertz CT molecular complexity index is 1590. The zero-order chi connectivity index (χ0) is 24.9. The van der Waals surface area contributed by atoms with Crippen molar-refractivity contribution in [2.45, 2.75) is 51.5 Å². The Kier molecular flexibility index (Phi) is 5.58. The van der Waals surface area contributed by atoms with Gasteiger partial charge in [0.25, 0.3) is 0 Å². The molecule has 1 saturated heterocycles. The van der Waals surface area contributed by atoms with E-state index in [4.69, 9.17) is 14.2 Å². The molecule has 37 heavy (non-hydrogen) atoms. The van der Waals surface area contributed by atoms with Crippen molar-refractivity contribution in [1.82, 2.24) is 0 Å². The Morgan fingerprint density at radius 2 is 1.11 bits per heavy atom. The molecule has 5 aromatic rings. The number of aryl methyl sites for hydroxylation is 2. The van der Waals surface area contributed by atoms with Crippen LogP contribution < -0.4 is 0 Å². The van der Waals surface area contributed by atoms with E-state index in [1.165, 1.54) is 43.8 Å². The summed E-state index contributed by atoms with van der Waals surface area (Å²) in [6, 6.07) is 34.0. The highest BCUT2D eigenvalue weighted by molar-refractivity contribution is 6.07. The molecule has 2 aliphatic rings. The minimum Gasteiger partial charge on any atom is -0.368 e. The molecule has 0 spiro atoms. The molecule has 0 saturated carbocycles. The van der Waals surface area contributed by atoms with E-state index in [0.717, 1.165) is 11.1 Å². The molecule has 0 N–H and O–H groups in total. The maximum atomic E-state index is 6.71. The van der Waals surface area contributed by atoms with E-state index in [0.29, 0.717) is 13.2 Å². The number of hydrogen-bond donors (Lipinski definition) is 0. The molecule has 2 heterocycles. The molecule has 1 fully saturated rings. The second kappa shape index (κ2) is 9.11. The number of ether oxygens (including phenoxy) is 3. The van der Waals surface area contributed by atoms with Crippen LogP contribution in [0.25, 0.3) is 21.5 Å². The van der Waals surface area contributed by atoms with Crippen molar-refractivity contribution in [2.24, 2.45) is 0 Å². The van der Waals surface area contributed by atoms with Gasteiger partial charge in [-0.15, -0.1) is 0 Å². The normalized spacial score (nSPS) is 22.1. The van der Waals surface area contributed by atoms with Crippen molar-refractivity contribution >= 4 is 21.5 Å². The van der Waals surface area contributed by atoms with Gasteiger partial charge in [0.05, 0.1) is 13.2 Å². The molecule has 3 heteroatoms. The topological polar surface area (TPSA) is 27.7 Å². The van der Waals surface area contributed by atoms with Gasteiger partial charge >= 0.3 is 0 Å². The second-order valence-electron chi connectivity index (χ2n) is 10.3. The lowest BCUT2D eigenvalue weighted by molar-refractivity contribution is -0.0834. The van der Waals surface area contributed by atoms with Crippen LogP contribution in [0, 0.1) is 13.8 Å². The lowest BCUT2D eigenvalue weighted by Crippen LogP contribution is -2.36. The van der Waals surface area contributed by atoms with Gasteiger partial charge in [0, 0.05) is 0 Å². The second-order valence-corrected chi connectivity index (χ2v) is 10.3. The Hall–Kier alpha value is -3.50. The zero-order valence-electron chi connectivity index (χ0n) is 21.2. The summed E-state index contributed by atoms with van der Waals surface area (Å²) >= 11 is 0. The summed E-state index contributed by atoms with van der Waals surface area (Å²) in [5, 5.41) is 5.24. The molecule has 4 atom stereocenters. The standard InChI is InChI=1S/C34H30O3/c1-21-25-15-9-10-16-26(25)22(2)29-27(21)17-18-28-30(29)32-34(36-20-24-13-7-4-8-14-24)33(31(28)37-32)35-19-23-11-5-3-6-12-23/h3-18,31-34H,19-20H2,1-2H3/t31-,32+,33+,34-/m0/s1. The zero-order valence-corrected chi connectivity index (χ0v) is 21.2. The van der Waals surface area contributed by atoms with Crippen molar-refractivity contribution in [2.75, 3.05) is 0 Å². The Morgan fingerprint density at radius 1 is 0.568 bits per heavy atom. The van der Waals surface area contributed by atoms with Crippen LogP contribution in [0.5, 0.6) is 0 Å². The third kappa shape index (κ3) is 3.69. The summed E-state index contributed by atoms with van der Waals surface area (Å²) in [5.41, 5.74) is 7.47.